The summed E-state index contributed by atoms with van der Waals surface area (Å²) in [6, 6.07) is 9.25. The van der Waals surface area contributed by atoms with E-state index in [2.05, 4.69) is 9.88 Å². The predicted molar refractivity (Wildman–Crippen MR) is 99.2 cm³/mol. The van der Waals surface area contributed by atoms with Crippen LogP contribution in [0.4, 0.5) is 0 Å². The zero-order valence-corrected chi connectivity index (χ0v) is 15.5. The Hall–Kier alpha value is -1.62. The minimum Gasteiger partial charge on any atom is -0.481 e. The Labute approximate surface area is 157 Å². The first kappa shape index (κ1) is 18.2. The Bertz CT molecular complexity index is 782. The number of carboxylic acid groups (broad SMARTS) is 1. The van der Waals surface area contributed by atoms with E-state index < -0.39 is 5.97 Å². The van der Waals surface area contributed by atoms with Crippen molar-refractivity contribution in [2.45, 2.75) is 25.8 Å². The van der Waals surface area contributed by atoms with Crippen LogP contribution < -0.4 is 0 Å². The van der Waals surface area contributed by atoms with Gasteiger partial charge >= 0.3 is 5.97 Å². The fourth-order valence-corrected chi connectivity index (χ4v) is 3.89. The summed E-state index contributed by atoms with van der Waals surface area (Å²) in [7, 11) is 0. The number of carboxylic acids is 1. The molecule has 0 aliphatic carbocycles. The highest BCUT2D eigenvalue weighted by Crippen LogP contribution is 2.38. The fraction of sp³-hybridized carbons (Fsp3) is 0.368. The first-order valence-corrected chi connectivity index (χ1v) is 9.07. The lowest BCUT2D eigenvalue weighted by atomic mass is 9.92. The highest BCUT2D eigenvalue weighted by Gasteiger charge is 2.33. The molecule has 3 rings (SSSR count). The van der Waals surface area contributed by atoms with Gasteiger partial charge in [-0.05, 0) is 49.6 Å². The van der Waals surface area contributed by atoms with Gasteiger partial charge in [0, 0.05) is 12.7 Å². The lowest BCUT2D eigenvalue weighted by Crippen LogP contribution is -2.41. The number of piperidine rings is 1. The number of hydrogen-bond donors (Lipinski definition) is 1. The van der Waals surface area contributed by atoms with Crippen molar-refractivity contribution >= 4 is 29.2 Å². The van der Waals surface area contributed by atoms with E-state index in [1.165, 1.54) is 0 Å². The summed E-state index contributed by atoms with van der Waals surface area (Å²) in [5, 5.41) is 10.4. The van der Waals surface area contributed by atoms with Crippen molar-refractivity contribution in [3.05, 3.63) is 63.4 Å². The molecule has 25 heavy (non-hydrogen) atoms. The van der Waals surface area contributed by atoms with E-state index in [9.17, 15) is 9.90 Å². The number of aryl methyl sites for hydroxylation is 1. The quantitative estimate of drug-likeness (QED) is 0.845. The Kier molecular flexibility index (Phi) is 5.62. The maximum Gasteiger partial charge on any atom is 0.307 e. The van der Waals surface area contributed by atoms with Gasteiger partial charge in [0.1, 0.15) is 0 Å². The molecule has 1 aliphatic heterocycles. The maximum absolute atomic E-state index is 11.5. The summed E-state index contributed by atoms with van der Waals surface area (Å²) in [6.45, 7) is 3.28. The van der Waals surface area contributed by atoms with Gasteiger partial charge in [-0.1, -0.05) is 41.4 Å². The van der Waals surface area contributed by atoms with Crippen molar-refractivity contribution in [1.29, 1.82) is 0 Å². The molecule has 0 radical (unpaired) electrons. The number of nitrogens with zero attached hydrogens (tertiary/aromatic N) is 2. The summed E-state index contributed by atoms with van der Waals surface area (Å²) >= 11 is 12.7. The molecule has 4 nitrogen and oxygen atoms in total. The number of halogens is 2. The van der Waals surface area contributed by atoms with Crippen molar-refractivity contribution < 1.29 is 9.90 Å². The van der Waals surface area contributed by atoms with Crippen molar-refractivity contribution in [3.8, 4) is 0 Å². The highest BCUT2D eigenvalue weighted by molar-refractivity contribution is 6.42. The predicted octanol–water partition coefficient (Wildman–Crippen LogP) is 4.58. The van der Waals surface area contributed by atoms with Crippen LogP contribution >= 0.6 is 23.2 Å². The molecule has 2 aromatic rings. The van der Waals surface area contributed by atoms with Crippen molar-refractivity contribution in [3.63, 3.8) is 0 Å². The van der Waals surface area contributed by atoms with Gasteiger partial charge in [0.05, 0.1) is 27.7 Å². The molecular formula is C19H20Cl2N2O2. The van der Waals surface area contributed by atoms with E-state index in [-0.39, 0.29) is 12.0 Å². The normalized spacial score (nSPS) is 19.6. The molecule has 1 fully saturated rings. The standard InChI is InChI=1S/C19H20Cl2N2O2/c1-12-5-3-9-22-17(12)18(14-7-2-8-15(20)16(14)21)23-10-4-6-13(11-23)19(24)25/h2-3,5,7-9,13,18H,4,6,10-11H2,1H3,(H,24,25). The summed E-state index contributed by atoms with van der Waals surface area (Å²) in [4.78, 5) is 18.2. The zero-order valence-electron chi connectivity index (χ0n) is 14.0. The SMILES string of the molecule is Cc1cccnc1C(c1cccc(Cl)c1Cl)N1CCCC(C(=O)O)C1. The second-order valence-corrected chi connectivity index (χ2v) is 7.21. The molecule has 1 saturated heterocycles. The van der Waals surface area contributed by atoms with Gasteiger partial charge in [0.2, 0.25) is 0 Å². The number of aliphatic carboxylic acids is 1. The topological polar surface area (TPSA) is 53.4 Å². The molecule has 1 aromatic carbocycles. The van der Waals surface area contributed by atoms with E-state index >= 15 is 0 Å². The maximum atomic E-state index is 11.5. The van der Waals surface area contributed by atoms with Gasteiger partial charge in [-0.15, -0.1) is 0 Å². The molecule has 0 saturated carbocycles. The van der Waals surface area contributed by atoms with Crippen LogP contribution in [0.2, 0.25) is 10.0 Å². The Morgan fingerprint density at radius 3 is 2.84 bits per heavy atom. The van der Waals surface area contributed by atoms with Crippen LogP contribution in [-0.4, -0.2) is 34.0 Å². The Balaban J connectivity index is 2.08. The van der Waals surface area contributed by atoms with Crippen LogP contribution in [0.15, 0.2) is 36.5 Å². The van der Waals surface area contributed by atoms with Crippen LogP contribution in [0, 0.1) is 12.8 Å². The monoisotopic (exact) mass is 378 g/mol. The lowest BCUT2D eigenvalue weighted by Gasteiger charge is -2.37. The van der Waals surface area contributed by atoms with E-state index in [1.807, 2.05) is 31.2 Å². The molecule has 0 spiro atoms. The van der Waals surface area contributed by atoms with Crippen LogP contribution in [0.5, 0.6) is 0 Å². The number of carbonyl (C=O) groups is 1. The summed E-state index contributed by atoms with van der Waals surface area (Å²) in [5.74, 6) is -1.13. The molecule has 2 atom stereocenters. The third kappa shape index (κ3) is 3.81. The molecule has 1 N–H and O–H groups in total. The summed E-state index contributed by atoms with van der Waals surface area (Å²) < 4.78 is 0. The largest absolute Gasteiger partial charge is 0.481 e. The van der Waals surface area contributed by atoms with Gasteiger partial charge in [0.15, 0.2) is 0 Å². The average molecular weight is 379 g/mol. The Morgan fingerprint density at radius 2 is 2.12 bits per heavy atom. The van der Waals surface area contributed by atoms with E-state index in [1.54, 1.807) is 12.3 Å². The van der Waals surface area contributed by atoms with E-state index in [0.717, 1.165) is 29.8 Å². The van der Waals surface area contributed by atoms with Gasteiger partial charge in [-0.3, -0.25) is 14.7 Å². The molecule has 1 aromatic heterocycles. The zero-order chi connectivity index (χ0) is 18.0. The smallest absolute Gasteiger partial charge is 0.307 e. The fourth-order valence-electron chi connectivity index (χ4n) is 3.48. The highest BCUT2D eigenvalue weighted by atomic mass is 35.5. The van der Waals surface area contributed by atoms with Crippen LogP contribution in [0.1, 0.15) is 35.7 Å². The Morgan fingerprint density at radius 1 is 1.32 bits per heavy atom. The second-order valence-electron chi connectivity index (χ2n) is 6.42. The molecule has 0 bridgehead atoms. The first-order valence-electron chi connectivity index (χ1n) is 8.31. The van der Waals surface area contributed by atoms with Crippen LogP contribution in [-0.2, 0) is 4.79 Å². The van der Waals surface area contributed by atoms with E-state index in [0.29, 0.717) is 23.0 Å². The molecule has 0 amide bonds. The third-order valence-corrected chi connectivity index (χ3v) is 5.59. The van der Waals surface area contributed by atoms with Crippen LogP contribution in [0.25, 0.3) is 0 Å². The number of benzene rings is 1. The van der Waals surface area contributed by atoms with Crippen molar-refractivity contribution in [2.75, 3.05) is 13.1 Å². The summed E-state index contributed by atoms with van der Waals surface area (Å²) in [6.07, 6.45) is 3.28. The number of rotatable bonds is 4. The molecule has 1 aliphatic rings. The molecule has 6 heteroatoms. The van der Waals surface area contributed by atoms with Gasteiger partial charge in [-0.25, -0.2) is 0 Å². The lowest BCUT2D eigenvalue weighted by molar-refractivity contribution is -0.143. The first-order chi connectivity index (χ1) is 12.0. The molecule has 2 unspecified atom stereocenters. The molecule has 132 valence electrons. The minimum absolute atomic E-state index is 0.213. The number of hydrogen-bond acceptors (Lipinski definition) is 3. The van der Waals surface area contributed by atoms with Gasteiger partial charge in [0.25, 0.3) is 0 Å². The third-order valence-electron chi connectivity index (χ3n) is 4.75. The van der Waals surface area contributed by atoms with Crippen molar-refractivity contribution in [1.82, 2.24) is 9.88 Å². The second kappa shape index (κ2) is 7.73. The number of likely N-dealkylation sites (tertiary alicyclic amines) is 1. The average Bonchev–Trinajstić information content (AvgIpc) is 2.61. The minimum atomic E-state index is -0.751. The summed E-state index contributed by atoms with van der Waals surface area (Å²) in [5.41, 5.74) is 2.79. The van der Waals surface area contributed by atoms with E-state index in [4.69, 9.17) is 23.2 Å². The number of pyridine rings is 1. The van der Waals surface area contributed by atoms with Gasteiger partial charge in [-0.2, -0.15) is 0 Å². The molecule has 2 heterocycles. The molecular weight excluding hydrogens is 359 g/mol. The van der Waals surface area contributed by atoms with Gasteiger partial charge < -0.3 is 5.11 Å². The van der Waals surface area contributed by atoms with Crippen LogP contribution in [0.3, 0.4) is 0 Å². The number of aromatic nitrogens is 1. The van der Waals surface area contributed by atoms with Crippen molar-refractivity contribution in [2.24, 2.45) is 5.92 Å².